The van der Waals surface area contributed by atoms with Gasteiger partial charge in [-0.25, -0.2) is 13.2 Å². The average molecular weight is 329 g/mol. The van der Waals surface area contributed by atoms with Crippen LogP contribution in [0.15, 0.2) is 24.3 Å². The molecular formula is C13H19N3O5S. The molecule has 9 heteroatoms. The molecule has 0 radical (unpaired) electrons. The molecule has 0 fully saturated rings. The van der Waals surface area contributed by atoms with E-state index >= 15 is 0 Å². The van der Waals surface area contributed by atoms with E-state index in [-0.39, 0.29) is 18.9 Å². The Morgan fingerprint density at radius 1 is 1.14 bits per heavy atom. The maximum absolute atomic E-state index is 11.6. The van der Waals surface area contributed by atoms with Crippen LogP contribution in [0, 0.1) is 0 Å². The SMILES string of the molecule is CCOC(=O)CCNC(=O)Nc1ccc(NS(C)(=O)=O)cc1. The van der Waals surface area contributed by atoms with Crippen molar-refractivity contribution in [1.82, 2.24) is 5.32 Å². The number of carbonyl (C=O) groups excluding carboxylic acids is 2. The zero-order valence-electron chi connectivity index (χ0n) is 12.4. The highest BCUT2D eigenvalue weighted by Gasteiger charge is 2.05. The maximum Gasteiger partial charge on any atom is 0.319 e. The summed E-state index contributed by atoms with van der Waals surface area (Å²) >= 11 is 0. The quantitative estimate of drug-likeness (QED) is 0.649. The van der Waals surface area contributed by atoms with Gasteiger partial charge in [-0.1, -0.05) is 0 Å². The van der Waals surface area contributed by atoms with Crippen molar-refractivity contribution in [2.45, 2.75) is 13.3 Å². The summed E-state index contributed by atoms with van der Waals surface area (Å²) in [4.78, 5) is 22.7. The van der Waals surface area contributed by atoms with Gasteiger partial charge in [-0.15, -0.1) is 0 Å². The summed E-state index contributed by atoms with van der Waals surface area (Å²) < 4.78 is 29.2. The second kappa shape index (κ2) is 8.23. The third-order valence-electron chi connectivity index (χ3n) is 2.37. The Kier molecular flexibility index (Phi) is 6.64. The Morgan fingerprint density at radius 2 is 1.73 bits per heavy atom. The average Bonchev–Trinajstić information content (AvgIpc) is 2.39. The summed E-state index contributed by atoms with van der Waals surface area (Å²) in [6.07, 6.45) is 1.15. The lowest BCUT2D eigenvalue weighted by Crippen LogP contribution is -2.30. The topological polar surface area (TPSA) is 114 Å². The fourth-order valence-corrected chi connectivity index (χ4v) is 2.09. The molecule has 3 N–H and O–H groups in total. The molecule has 1 aromatic carbocycles. The molecule has 0 aromatic heterocycles. The fourth-order valence-electron chi connectivity index (χ4n) is 1.52. The van der Waals surface area contributed by atoms with Crippen LogP contribution in [-0.4, -0.2) is 39.8 Å². The minimum atomic E-state index is -3.33. The second-order valence-electron chi connectivity index (χ2n) is 4.39. The Hall–Kier alpha value is -2.29. The van der Waals surface area contributed by atoms with Crippen LogP contribution in [0.1, 0.15) is 13.3 Å². The fraction of sp³-hybridized carbons (Fsp3) is 0.385. The lowest BCUT2D eigenvalue weighted by molar-refractivity contribution is -0.142. The molecule has 22 heavy (non-hydrogen) atoms. The Morgan fingerprint density at radius 3 is 2.27 bits per heavy atom. The largest absolute Gasteiger partial charge is 0.466 e. The second-order valence-corrected chi connectivity index (χ2v) is 6.14. The number of carbonyl (C=O) groups is 2. The molecule has 122 valence electrons. The third-order valence-corrected chi connectivity index (χ3v) is 2.97. The number of esters is 1. The molecule has 0 saturated carbocycles. The standard InChI is InChI=1S/C13H19N3O5S/c1-3-21-12(17)8-9-14-13(18)15-10-4-6-11(7-5-10)16-22(2,19)20/h4-7,16H,3,8-9H2,1-2H3,(H2,14,15,18). The number of hydrogen-bond donors (Lipinski definition) is 3. The van der Waals surface area contributed by atoms with Gasteiger partial charge in [0, 0.05) is 17.9 Å². The van der Waals surface area contributed by atoms with E-state index in [1.54, 1.807) is 19.1 Å². The number of anilines is 2. The molecule has 0 aliphatic heterocycles. The summed E-state index contributed by atoms with van der Waals surface area (Å²) in [5, 5.41) is 5.07. The molecule has 0 aliphatic rings. The van der Waals surface area contributed by atoms with E-state index in [9.17, 15) is 18.0 Å². The van der Waals surface area contributed by atoms with E-state index in [0.717, 1.165) is 6.26 Å². The van der Waals surface area contributed by atoms with E-state index in [0.29, 0.717) is 18.0 Å². The van der Waals surface area contributed by atoms with Crippen molar-refractivity contribution in [1.29, 1.82) is 0 Å². The first kappa shape index (κ1) is 17.8. The lowest BCUT2D eigenvalue weighted by atomic mass is 10.3. The molecule has 0 unspecified atom stereocenters. The van der Waals surface area contributed by atoms with E-state index in [4.69, 9.17) is 4.74 Å². The summed E-state index contributed by atoms with van der Waals surface area (Å²) in [5.74, 6) is -0.376. The molecule has 1 rings (SSSR count). The molecule has 8 nitrogen and oxygen atoms in total. The van der Waals surface area contributed by atoms with Crippen molar-refractivity contribution >= 4 is 33.4 Å². The predicted octanol–water partition coefficient (Wildman–Crippen LogP) is 1.13. The van der Waals surface area contributed by atoms with Crippen molar-refractivity contribution in [2.75, 3.05) is 29.4 Å². The number of ether oxygens (including phenoxy) is 1. The van der Waals surface area contributed by atoms with Gasteiger partial charge in [-0.05, 0) is 31.2 Å². The maximum atomic E-state index is 11.6. The van der Waals surface area contributed by atoms with Crippen molar-refractivity contribution in [3.8, 4) is 0 Å². The Balaban J connectivity index is 2.40. The van der Waals surface area contributed by atoms with Gasteiger partial charge in [-0.3, -0.25) is 9.52 Å². The predicted molar refractivity (Wildman–Crippen MR) is 83.2 cm³/mol. The van der Waals surface area contributed by atoms with E-state index in [1.165, 1.54) is 12.1 Å². The number of sulfonamides is 1. The van der Waals surface area contributed by atoms with Gasteiger partial charge >= 0.3 is 12.0 Å². The van der Waals surface area contributed by atoms with Crippen LogP contribution in [-0.2, 0) is 19.6 Å². The van der Waals surface area contributed by atoms with E-state index in [1.807, 2.05) is 0 Å². The zero-order valence-corrected chi connectivity index (χ0v) is 13.2. The summed E-state index contributed by atoms with van der Waals surface area (Å²) in [6.45, 7) is 2.18. The lowest BCUT2D eigenvalue weighted by Gasteiger charge is -2.08. The van der Waals surface area contributed by atoms with Crippen molar-refractivity contribution in [2.24, 2.45) is 0 Å². The number of rotatable bonds is 7. The molecule has 0 aliphatic carbocycles. The van der Waals surface area contributed by atoms with Crippen LogP contribution >= 0.6 is 0 Å². The Bertz CT molecular complexity index is 613. The van der Waals surface area contributed by atoms with Gasteiger partial charge in [-0.2, -0.15) is 0 Å². The van der Waals surface area contributed by atoms with Crippen LogP contribution in [0.4, 0.5) is 16.2 Å². The van der Waals surface area contributed by atoms with Crippen LogP contribution < -0.4 is 15.4 Å². The number of hydrogen-bond acceptors (Lipinski definition) is 5. The summed E-state index contributed by atoms with van der Waals surface area (Å²) in [7, 11) is -3.33. The number of benzene rings is 1. The van der Waals surface area contributed by atoms with E-state index in [2.05, 4.69) is 15.4 Å². The molecule has 2 amide bonds. The van der Waals surface area contributed by atoms with Crippen molar-refractivity contribution in [3.63, 3.8) is 0 Å². The van der Waals surface area contributed by atoms with Crippen molar-refractivity contribution < 1.29 is 22.7 Å². The highest BCUT2D eigenvalue weighted by Crippen LogP contribution is 2.14. The van der Waals surface area contributed by atoms with Gasteiger partial charge in [0.15, 0.2) is 0 Å². The number of amides is 2. The highest BCUT2D eigenvalue weighted by atomic mass is 32.2. The minimum Gasteiger partial charge on any atom is -0.466 e. The van der Waals surface area contributed by atoms with Gasteiger partial charge < -0.3 is 15.4 Å². The smallest absolute Gasteiger partial charge is 0.319 e. The van der Waals surface area contributed by atoms with Gasteiger partial charge in [0.1, 0.15) is 0 Å². The summed E-state index contributed by atoms with van der Waals surface area (Å²) in [6, 6.07) is 5.69. The van der Waals surface area contributed by atoms with Crippen molar-refractivity contribution in [3.05, 3.63) is 24.3 Å². The molecular weight excluding hydrogens is 310 g/mol. The van der Waals surface area contributed by atoms with Gasteiger partial charge in [0.2, 0.25) is 10.0 Å². The summed E-state index contributed by atoms with van der Waals surface area (Å²) in [5.41, 5.74) is 0.892. The Labute approximate surface area is 129 Å². The normalized spacial score (nSPS) is 10.6. The zero-order chi connectivity index (χ0) is 16.6. The molecule has 0 atom stereocenters. The van der Waals surface area contributed by atoms with Crippen LogP contribution in [0.25, 0.3) is 0 Å². The first-order valence-corrected chi connectivity index (χ1v) is 8.47. The van der Waals surface area contributed by atoms with E-state index < -0.39 is 16.1 Å². The first-order chi connectivity index (χ1) is 10.3. The molecule has 0 spiro atoms. The van der Waals surface area contributed by atoms with Gasteiger partial charge in [0.25, 0.3) is 0 Å². The highest BCUT2D eigenvalue weighted by molar-refractivity contribution is 7.92. The molecule has 0 saturated heterocycles. The molecule has 0 heterocycles. The minimum absolute atomic E-state index is 0.0957. The number of urea groups is 1. The number of nitrogens with one attached hydrogen (secondary N) is 3. The van der Waals surface area contributed by atoms with Crippen LogP contribution in [0.3, 0.4) is 0 Å². The molecule has 0 bridgehead atoms. The first-order valence-electron chi connectivity index (χ1n) is 6.58. The van der Waals surface area contributed by atoms with Crippen LogP contribution in [0.5, 0.6) is 0 Å². The third kappa shape index (κ3) is 7.48. The van der Waals surface area contributed by atoms with Gasteiger partial charge in [0.05, 0.1) is 19.3 Å². The monoisotopic (exact) mass is 329 g/mol. The van der Waals surface area contributed by atoms with Crippen LogP contribution in [0.2, 0.25) is 0 Å². The molecule has 1 aromatic rings.